The van der Waals surface area contributed by atoms with E-state index in [0.717, 1.165) is 37.9 Å². The summed E-state index contributed by atoms with van der Waals surface area (Å²) in [5.41, 5.74) is 7.23. The van der Waals surface area contributed by atoms with Crippen LogP contribution >= 0.6 is 11.6 Å². The molecule has 1 aliphatic rings. The van der Waals surface area contributed by atoms with Gasteiger partial charge in [-0.3, -0.25) is 0 Å². The summed E-state index contributed by atoms with van der Waals surface area (Å²) in [6, 6.07) is 11.5. The molecule has 27 heavy (non-hydrogen) atoms. The lowest BCUT2D eigenvalue weighted by molar-refractivity contribution is -0.138. The van der Waals surface area contributed by atoms with Crippen LogP contribution in [0.2, 0.25) is 5.02 Å². The Balaban J connectivity index is 1.77. The van der Waals surface area contributed by atoms with Crippen molar-refractivity contribution in [2.24, 2.45) is 11.8 Å². The highest BCUT2D eigenvalue weighted by molar-refractivity contribution is 6.33. The molecule has 6 heteroatoms. The maximum atomic E-state index is 13.4. The van der Waals surface area contributed by atoms with Gasteiger partial charge in [0.25, 0.3) is 0 Å². The number of anilines is 1. The Hall–Kier alpha value is -1.72. The quantitative estimate of drug-likeness (QED) is 0.646. The average Bonchev–Trinajstić information content (AvgIpc) is 3.15. The highest BCUT2D eigenvalue weighted by atomic mass is 35.5. The molecular weight excluding hydrogens is 373 g/mol. The van der Waals surface area contributed by atoms with Gasteiger partial charge in [-0.1, -0.05) is 35.9 Å². The molecule has 1 unspecified atom stereocenters. The summed E-state index contributed by atoms with van der Waals surface area (Å²) in [6.07, 6.45) is -1.29. The molecule has 0 aromatic heterocycles. The molecule has 0 spiro atoms. The summed E-state index contributed by atoms with van der Waals surface area (Å²) >= 11 is 6.10. The molecule has 0 radical (unpaired) electrons. The zero-order valence-corrected chi connectivity index (χ0v) is 15.8. The first-order chi connectivity index (χ1) is 12.8. The van der Waals surface area contributed by atoms with Gasteiger partial charge in [0.1, 0.15) is 0 Å². The van der Waals surface area contributed by atoms with Gasteiger partial charge in [-0.25, -0.2) is 0 Å². The van der Waals surface area contributed by atoms with E-state index in [1.807, 2.05) is 12.1 Å². The minimum Gasteiger partial charge on any atom is -0.398 e. The highest BCUT2D eigenvalue weighted by Gasteiger charge is 2.34. The molecule has 1 saturated heterocycles. The Bertz CT molecular complexity index is 770. The van der Waals surface area contributed by atoms with E-state index < -0.39 is 11.7 Å². The number of nitrogen functional groups attached to an aromatic ring is 1. The molecule has 1 aliphatic heterocycles. The third-order valence-electron chi connectivity index (χ3n) is 5.44. The molecule has 2 nitrogen and oxygen atoms in total. The molecule has 2 aromatic rings. The standard InChI is InChI=1S/C21H24ClF3N2/c22-19-11-14(6-8-20(19)26)5-7-15(17-9-10-27-13-17)12-16-3-1-2-4-18(16)21(23,24)25/h1-4,6,8,11,15,17,27H,5,7,9-10,12-13,26H2/t15-,17?/m0/s1. The molecule has 1 fully saturated rings. The van der Waals surface area contributed by atoms with Gasteiger partial charge >= 0.3 is 6.18 Å². The SMILES string of the molecule is Nc1ccc(CC[C@@H](Cc2ccccc2C(F)(F)F)C2CCNC2)cc1Cl. The zero-order valence-electron chi connectivity index (χ0n) is 15.0. The van der Waals surface area contributed by atoms with E-state index in [-0.39, 0.29) is 5.92 Å². The summed E-state index contributed by atoms with van der Waals surface area (Å²) in [4.78, 5) is 0. The van der Waals surface area contributed by atoms with Gasteiger partial charge in [-0.05, 0) is 79.9 Å². The molecule has 2 atom stereocenters. The number of rotatable bonds is 6. The molecule has 0 saturated carbocycles. The minimum atomic E-state index is -4.32. The fourth-order valence-corrected chi connectivity index (χ4v) is 4.12. The first-order valence-corrected chi connectivity index (χ1v) is 9.62. The van der Waals surface area contributed by atoms with Crippen molar-refractivity contribution in [3.05, 3.63) is 64.2 Å². The lowest BCUT2D eigenvalue weighted by atomic mass is 9.81. The van der Waals surface area contributed by atoms with E-state index in [1.165, 1.54) is 12.1 Å². The number of aryl methyl sites for hydroxylation is 1. The van der Waals surface area contributed by atoms with Gasteiger partial charge in [0.15, 0.2) is 0 Å². The highest BCUT2D eigenvalue weighted by Crippen LogP contribution is 2.35. The second-order valence-electron chi connectivity index (χ2n) is 7.27. The third-order valence-corrected chi connectivity index (χ3v) is 5.77. The lowest BCUT2D eigenvalue weighted by Crippen LogP contribution is -2.22. The van der Waals surface area contributed by atoms with Gasteiger partial charge in [-0.15, -0.1) is 0 Å². The van der Waals surface area contributed by atoms with Crippen molar-refractivity contribution in [2.45, 2.75) is 31.9 Å². The largest absolute Gasteiger partial charge is 0.416 e. The maximum Gasteiger partial charge on any atom is 0.416 e. The molecule has 3 rings (SSSR count). The Morgan fingerprint density at radius 2 is 1.96 bits per heavy atom. The molecule has 3 N–H and O–H groups in total. The normalized spacial score (nSPS) is 18.6. The van der Waals surface area contributed by atoms with Crippen molar-refractivity contribution in [3.63, 3.8) is 0 Å². The number of hydrogen-bond donors (Lipinski definition) is 2. The Morgan fingerprint density at radius 1 is 1.19 bits per heavy atom. The van der Waals surface area contributed by atoms with Crippen LogP contribution in [0.25, 0.3) is 0 Å². The summed E-state index contributed by atoms with van der Waals surface area (Å²) in [6.45, 7) is 1.79. The fourth-order valence-electron chi connectivity index (χ4n) is 3.92. The number of alkyl halides is 3. The molecule has 0 bridgehead atoms. The summed E-state index contributed by atoms with van der Waals surface area (Å²) in [7, 11) is 0. The predicted molar refractivity (Wildman–Crippen MR) is 104 cm³/mol. The van der Waals surface area contributed by atoms with Crippen molar-refractivity contribution in [1.82, 2.24) is 5.32 Å². The Morgan fingerprint density at radius 3 is 2.63 bits per heavy atom. The number of nitrogens with two attached hydrogens (primary N) is 1. The smallest absolute Gasteiger partial charge is 0.398 e. The molecule has 0 amide bonds. The van der Waals surface area contributed by atoms with Crippen molar-refractivity contribution in [3.8, 4) is 0 Å². The number of benzene rings is 2. The fraction of sp³-hybridized carbons (Fsp3) is 0.429. The van der Waals surface area contributed by atoms with E-state index in [4.69, 9.17) is 17.3 Å². The van der Waals surface area contributed by atoms with Crippen molar-refractivity contribution >= 4 is 17.3 Å². The van der Waals surface area contributed by atoms with E-state index >= 15 is 0 Å². The molecule has 146 valence electrons. The Kier molecular flexibility index (Phi) is 6.33. The third kappa shape index (κ3) is 5.17. The van der Waals surface area contributed by atoms with Crippen LogP contribution in [-0.4, -0.2) is 13.1 Å². The molecule has 1 heterocycles. The average molecular weight is 397 g/mol. The van der Waals surface area contributed by atoms with Gasteiger partial charge in [-0.2, -0.15) is 13.2 Å². The first kappa shape index (κ1) is 20.0. The van der Waals surface area contributed by atoms with Crippen LogP contribution in [0.15, 0.2) is 42.5 Å². The molecular formula is C21H24ClF3N2. The van der Waals surface area contributed by atoms with Crippen molar-refractivity contribution in [1.29, 1.82) is 0 Å². The van der Waals surface area contributed by atoms with Gasteiger partial charge < -0.3 is 11.1 Å². The van der Waals surface area contributed by atoms with E-state index in [0.29, 0.717) is 28.6 Å². The number of nitrogens with one attached hydrogen (secondary N) is 1. The van der Waals surface area contributed by atoms with Gasteiger partial charge in [0.2, 0.25) is 0 Å². The minimum absolute atomic E-state index is 0.180. The second-order valence-corrected chi connectivity index (χ2v) is 7.67. The second kappa shape index (κ2) is 8.53. The molecule has 2 aromatic carbocycles. The van der Waals surface area contributed by atoms with Crippen LogP contribution in [0.5, 0.6) is 0 Å². The van der Waals surface area contributed by atoms with Crippen molar-refractivity contribution < 1.29 is 13.2 Å². The van der Waals surface area contributed by atoms with E-state index in [2.05, 4.69) is 5.32 Å². The summed E-state index contributed by atoms with van der Waals surface area (Å²) < 4.78 is 40.1. The summed E-state index contributed by atoms with van der Waals surface area (Å²) in [5.74, 6) is 0.565. The van der Waals surface area contributed by atoms with Gasteiger partial charge in [0.05, 0.1) is 16.3 Å². The van der Waals surface area contributed by atoms with Crippen LogP contribution in [0, 0.1) is 11.8 Å². The van der Waals surface area contributed by atoms with E-state index in [9.17, 15) is 13.2 Å². The van der Waals surface area contributed by atoms with E-state index in [1.54, 1.807) is 18.2 Å². The summed E-state index contributed by atoms with van der Waals surface area (Å²) in [5, 5.41) is 3.86. The number of halogens is 4. The van der Waals surface area contributed by atoms with Crippen LogP contribution in [0.4, 0.5) is 18.9 Å². The monoisotopic (exact) mass is 396 g/mol. The van der Waals surface area contributed by atoms with Crippen LogP contribution in [0.3, 0.4) is 0 Å². The van der Waals surface area contributed by atoms with Crippen LogP contribution < -0.4 is 11.1 Å². The first-order valence-electron chi connectivity index (χ1n) is 9.24. The maximum absolute atomic E-state index is 13.4. The lowest BCUT2D eigenvalue weighted by Gasteiger charge is -2.25. The van der Waals surface area contributed by atoms with Crippen LogP contribution in [-0.2, 0) is 19.0 Å². The van der Waals surface area contributed by atoms with Gasteiger partial charge in [0, 0.05) is 0 Å². The number of hydrogen-bond acceptors (Lipinski definition) is 2. The van der Waals surface area contributed by atoms with Crippen LogP contribution in [0.1, 0.15) is 29.5 Å². The topological polar surface area (TPSA) is 38.0 Å². The Labute approximate surface area is 162 Å². The van der Waals surface area contributed by atoms with Crippen molar-refractivity contribution in [2.75, 3.05) is 18.8 Å². The predicted octanol–water partition coefficient (Wildman–Crippen LogP) is 5.34. The molecule has 0 aliphatic carbocycles. The zero-order chi connectivity index (χ0) is 19.4.